The molecular formula is C28H28FN3O2S2. The Morgan fingerprint density at radius 1 is 0.972 bits per heavy atom. The van der Waals surface area contributed by atoms with Crippen molar-refractivity contribution in [3.8, 4) is 31.6 Å². The van der Waals surface area contributed by atoms with Gasteiger partial charge in [0.05, 0.1) is 34.3 Å². The van der Waals surface area contributed by atoms with E-state index in [1.165, 1.54) is 11.3 Å². The fourth-order valence-electron chi connectivity index (χ4n) is 5.37. The minimum atomic E-state index is -1.43. The Labute approximate surface area is 217 Å². The largest absolute Gasteiger partial charge is 0.390 e. The third-order valence-corrected chi connectivity index (χ3v) is 9.62. The Balaban J connectivity index is 1.36. The maximum atomic E-state index is 15.5. The summed E-state index contributed by atoms with van der Waals surface area (Å²) >= 11 is 2.98. The number of thiazole rings is 2. The van der Waals surface area contributed by atoms with E-state index in [1.54, 1.807) is 17.5 Å². The van der Waals surface area contributed by atoms with Crippen molar-refractivity contribution in [1.29, 1.82) is 0 Å². The highest BCUT2D eigenvalue weighted by Gasteiger charge is 2.49. The molecule has 1 aliphatic carbocycles. The first-order chi connectivity index (χ1) is 17.2. The maximum absolute atomic E-state index is 15.5. The Hall–Kier alpha value is -2.49. The van der Waals surface area contributed by atoms with Crippen LogP contribution in [0.4, 0.5) is 4.39 Å². The van der Waals surface area contributed by atoms with Gasteiger partial charge in [-0.2, -0.15) is 0 Å². The molecule has 0 bridgehead atoms. The zero-order valence-corrected chi connectivity index (χ0v) is 21.7. The van der Waals surface area contributed by atoms with E-state index in [0.717, 1.165) is 37.1 Å². The summed E-state index contributed by atoms with van der Waals surface area (Å²) in [5, 5.41) is 11.5. The number of aromatic nitrogens is 2. The molecule has 0 radical (unpaired) electrons. The highest BCUT2D eigenvalue weighted by Crippen LogP contribution is 2.48. The van der Waals surface area contributed by atoms with Crippen molar-refractivity contribution >= 4 is 22.7 Å². The SMILES string of the molecule is C[C@]1(O)C[C@](N)(c2ccc(-c3nc(-c4cnc(C5(F)CCOCC5)s4)sc3-c3ccccc3)cc2)C1. The first-order valence-corrected chi connectivity index (χ1v) is 13.8. The topological polar surface area (TPSA) is 81.3 Å². The van der Waals surface area contributed by atoms with Crippen LogP contribution in [-0.2, 0) is 15.9 Å². The van der Waals surface area contributed by atoms with Crippen LogP contribution in [0.1, 0.15) is 43.2 Å². The second kappa shape index (κ2) is 8.82. The standard InChI is InChI=1S/C28H28FN3O2S2/c1-26(33)16-28(30,17-26)20-9-7-18(8-10-20)22-23(19-5-3-2-4-6-19)36-24(32-22)21-15-31-25(35-21)27(29)11-13-34-14-12-27/h2-10,15,33H,11-14,16-17,30H2,1H3/t26-,28+. The predicted octanol–water partition coefficient (Wildman–Crippen LogP) is 6.27. The zero-order chi connectivity index (χ0) is 25.0. The van der Waals surface area contributed by atoms with E-state index in [-0.39, 0.29) is 0 Å². The number of aliphatic hydroxyl groups is 1. The number of nitrogens with two attached hydrogens (primary N) is 1. The summed E-state index contributed by atoms with van der Waals surface area (Å²) in [7, 11) is 0. The van der Waals surface area contributed by atoms with Crippen molar-refractivity contribution in [2.24, 2.45) is 5.73 Å². The molecule has 2 aliphatic rings. The number of hydrogen-bond acceptors (Lipinski definition) is 7. The lowest BCUT2D eigenvalue weighted by Gasteiger charge is -2.49. The smallest absolute Gasteiger partial charge is 0.166 e. The van der Waals surface area contributed by atoms with Crippen LogP contribution in [0.2, 0.25) is 0 Å². The lowest BCUT2D eigenvalue weighted by molar-refractivity contribution is -0.0738. The summed E-state index contributed by atoms with van der Waals surface area (Å²) < 4.78 is 20.8. The van der Waals surface area contributed by atoms with E-state index in [9.17, 15) is 5.11 Å². The van der Waals surface area contributed by atoms with Crippen LogP contribution < -0.4 is 5.73 Å². The molecule has 3 N–H and O–H groups in total. The quantitative estimate of drug-likeness (QED) is 0.323. The molecule has 1 saturated carbocycles. The molecule has 5 nitrogen and oxygen atoms in total. The number of hydrogen-bond donors (Lipinski definition) is 2. The van der Waals surface area contributed by atoms with E-state index >= 15 is 4.39 Å². The molecule has 36 heavy (non-hydrogen) atoms. The molecule has 2 aromatic heterocycles. The number of benzene rings is 2. The lowest BCUT2D eigenvalue weighted by Crippen LogP contribution is -2.58. The average molecular weight is 522 g/mol. The Bertz CT molecular complexity index is 1370. The highest BCUT2D eigenvalue weighted by atomic mass is 32.1. The van der Waals surface area contributed by atoms with Crippen LogP contribution in [0.5, 0.6) is 0 Å². The van der Waals surface area contributed by atoms with Gasteiger partial charge in [-0.15, -0.1) is 22.7 Å². The van der Waals surface area contributed by atoms with Crippen molar-refractivity contribution in [1.82, 2.24) is 9.97 Å². The Morgan fingerprint density at radius 3 is 2.33 bits per heavy atom. The van der Waals surface area contributed by atoms with E-state index in [0.29, 0.717) is 43.9 Å². The number of ether oxygens (including phenoxy) is 1. The van der Waals surface area contributed by atoms with E-state index < -0.39 is 16.8 Å². The van der Waals surface area contributed by atoms with Gasteiger partial charge in [-0.1, -0.05) is 54.6 Å². The highest BCUT2D eigenvalue weighted by molar-refractivity contribution is 7.23. The summed E-state index contributed by atoms with van der Waals surface area (Å²) in [6, 6.07) is 18.4. The van der Waals surface area contributed by atoms with Gasteiger partial charge >= 0.3 is 0 Å². The fourth-order valence-corrected chi connectivity index (χ4v) is 7.55. The monoisotopic (exact) mass is 521 g/mol. The number of rotatable bonds is 5. The van der Waals surface area contributed by atoms with Crippen molar-refractivity contribution in [3.05, 3.63) is 71.4 Å². The van der Waals surface area contributed by atoms with Crippen molar-refractivity contribution in [3.63, 3.8) is 0 Å². The molecule has 6 rings (SSSR count). The average Bonchev–Trinajstić information content (AvgIpc) is 3.52. The molecule has 0 unspecified atom stereocenters. The van der Waals surface area contributed by atoms with Crippen LogP contribution in [0, 0.1) is 0 Å². The first-order valence-electron chi connectivity index (χ1n) is 12.2. The molecular weight excluding hydrogens is 493 g/mol. The van der Waals surface area contributed by atoms with Crippen LogP contribution in [0.15, 0.2) is 60.8 Å². The van der Waals surface area contributed by atoms with Crippen molar-refractivity contribution in [2.45, 2.75) is 49.4 Å². The molecule has 0 spiro atoms. The van der Waals surface area contributed by atoms with Gasteiger partial charge in [-0.25, -0.2) is 14.4 Å². The maximum Gasteiger partial charge on any atom is 0.166 e. The Morgan fingerprint density at radius 2 is 1.67 bits per heavy atom. The summed E-state index contributed by atoms with van der Waals surface area (Å²) in [6.07, 6.45) is 3.51. The second-order valence-corrected chi connectivity index (χ2v) is 12.3. The third-order valence-electron chi connectivity index (χ3n) is 7.17. The molecule has 2 aromatic carbocycles. The van der Waals surface area contributed by atoms with Gasteiger partial charge in [0.15, 0.2) is 5.67 Å². The predicted molar refractivity (Wildman–Crippen MR) is 143 cm³/mol. The van der Waals surface area contributed by atoms with Gasteiger partial charge in [-0.3, -0.25) is 0 Å². The number of nitrogens with zero attached hydrogens (tertiary/aromatic N) is 2. The molecule has 1 aliphatic heterocycles. The normalized spacial score (nSPS) is 25.4. The summed E-state index contributed by atoms with van der Waals surface area (Å²) in [5.41, 5.74) is 7.90. The molecule has 2 fully saturated rings. The molecule has 0 amide bonds. The minimum absolute atomic E-state index is 0.336. The third kappa shape index (κ3) is 4.31. The van der Waals surface area contributed by atoms with Crippen LogP contribution >= 0.6 is 22.7 Å². The minimum Gasteiger partial charge on any atom is -0.390 e. The summed E-state index contributed by atoms with van der Waals surface area (Å²) in [6.45, 7) is 2.66. The van der Waals surface area contributed by atoms with Crippen LogP contribution in [-0.4, -0.2) is 33.9 Å². The van der Waals surface area contributed by atoms with Crippen LogP contribution in [0.3, 0.4) is 0 Å². The van der Waals surface area contributed by atoms with Crippen LogP contribution in [0.25, 0.3) is 31.6 Å². The van der Waals surface area contributed by atoms with Gasteiger partial charge in [0.25, 0.3) is 0 Å². The van der Waals surface area contributed by atoms with E-state index in [1.807, 2.05) is 37.3 Å². The zero-order valence-electron chi connectivity index (χ0n) is 20.0. The van der Waals surface area contributed by atoms with Gasteiger partial charge < -0.3 is 15.6 Å². The van der Waals surface area contributed by atoms with E-state index in [4.69, 9.17) is 15.5 Å². The molecule has 4 aromatic rings. The molecule has 186 valence electrons. The van der Waals surface area contributed by atoms with Crippen molar-refractivity contribution < 1.29 is 14.2 Å². The number of alkyl halides is 1. The number of halogens is 1. The summed E-state index contributed by atoms with van der Waals surface area (Å²) in [5.74, 6) is 0. The van der Waals surface area contributed by atoms with Crippen molar-refractivity contribution in [2.75, 3.05) is 13.2 Å². The molecule has 8 heteroatoms. The first kappa shape index (κ1) is 23.9. The molecule has 0 atom stereocenters. The van der Waals surface area contributed by atoms with E-state index in [2.05, 4.69) is 29.2 Å². The summed E-state index contributed by atoms with van der Waals surface area (Å²) in [4.78, 5) is 11.4. The van der Waals surface area contributed by atoms with Gasteiger partial charge in [0.1, 0.15) is 10.0 Å². The molecule has 3 heterocycles. The second-order valence-electron chi connectivity index (χ2n) is 10.3. The fraction of sp³-hybridized carbons (Fsp3) is 0.357. The van der Waals surface area contributed by atoms with Gasteiger partial charge in [-0.05, 0) is 30.9 Å². The molecule has 1 saturated heterocycles. The lowest BCUT2D eigenvalue weighted by atomic mass is 9.63. The van der Waals surface area contributed by atoms with Gasteiger partial charge in [0, 0.05) is 30.1 Å². The van der Waals surface area contributed by atoms with Gasteiger partial charge in [0.2, 0.25) is 0 Å². The Kier molecular flexibility index (Phi) is 5.85.